The first-order chi connectivity index (χ1) is 7.47. The molecule has 0 spiro atoms. The zero-order chi connectivity index (χ0) is 11.5. The molecule has 0 aromatic heterocycles. The van der Waals surface area contributed by atoms with Gasteiger partial charge in [-0.3, -0.25) is 0 Å². The molecule has 1 aromatic rings. The first kappa shape index (κ1) is 10.1. The minimum atomic E-state index is -4.24. The second-order valence-electron chi connectivity index (χ2n) is 4.78. The van der Waals surface area contributed by atoms with Crippen molar-refractivity contribution in [1.29, 1.82) is 0 Å². The molecule has 3 rings (SSSR count). The van der Waals surface area contributed by atoms with Crippen LogP contribution in [-0.4, -0.2) is 6.04 Å². The topological polar surface area (TPSA) is 26.0 Å². The van der Waals surface area contributed by atoms with E-state index in [9.17, 15) is 13.2 Å². The lowest BCUT2D eigenvalue weighted by atomic mass is 9.87. The van der Waals surface area contributed by atoms with Crippen molar-refractivity contribution in [2.75, 3.05) is 0 Å². The summed E-state index contributed by atoms with van der Waals surface area (Å²) in [5, 5.41) is 0. The molecule has 0 aliphatic heterocycles. The fraction of sp³-hybridized carbons (Fsp3) is 0.500. The number of halogens is 3. The molecule has 0 saturated heterocycles. The van der Waals surface area contributed by atoms with Crippen molar-refractivity contribution in [3.63, 3.8) is 0 Å². The summed E-state index contributed by atoms with van der Waals surface area (Å²) in [6, 6.07) is 4.23. The Hall–Kier alpha value is -1.03. The van der Waals surface area contributed by atoms with Gasteiger partial charge in [-0.05, 0) is 47.9 Å². The third-order valence-electron chi connectivity index (χ3n) is 3.87. The quantitative estimate of drug-likeness (QED) is 0.724. The van der Waals surface area contributed by atoms with E-state index in [0.29, 0.717) is 0 Å². The largest absolute Gasteiger partial charge is 0.416 e. The molecule has 2 unspecified atom stereocenters. The number of benzene rings is 1. The van der Waals surface area contributed by atoms with Crippen LogP contribution in [0.15, 0.2) is 18.2 Å². The van der Waals surface area contributed by atoms with E-state index in [1.54, 1.807) is 6.07 Å². The highest BCUT2D eigenvalue weighted by Gasteiger charge is 2.43. The van der Waals surface area contributed by atoms with Crippen molar-refractivity contribution >= 4 is 0 Å². The maximum Gasteiger partial charge on any atom is 0.416 e. The van der Waals surface area contributed by atoms with E-state index in [1.807, 2.05) is 0 Å². The van der Waals surface area contributed by atoms with Crippen LogP contribution in [0.1, 0.15) is 41.4 Å². The van der Waals surface area contributed by atoms with Gasteiger partial charge in [-0.25, -0.2) is 0 Å². The molecular formula is C12H12F3N. The molecule has 2 aliphatic carbocycles. The summed E-state index contributed by atoms with van der Waals surface area (Å²) < 4.78 is 37.7. The first-order valence-corrected chi connectivity index (χ1v) is 5.43. The summed E-state index contributed by atoms with van der Waals surface area (Å²) in [7, 11) is 0. The lowest BCUT2D eigenvalue weighted by Crippen LogP contribution is -2.25. The molecule has 16 heavy (non-hydrogen) atoms. The van der Waals surface area contributed by atoms with Crippen molar-refractivity contribution in [3.8, 4) is 0 Å². The standard InChI is InChI=1S/C12H12F3N/c13-12(14,15)7-1-2-8-9(5-7)6-3-10(8)11(16)4-6/h1-2,5-6,10-11H,3-4,16H2/t6?,10?,11-/m1/s1. The molecule has 0 amide bonds. The summed E-state index contributed by atoms with van der Waals surface area (Å²) in [6.07, 6.45) is -2.48. The molecule has 0 radical (unpaired) electrons. The van der Waals surface area contributed by atoms with Gasteiger partial charge in [0.05, 0.1) is 5.56 Å². The smallest absolute Gasteiger partial charge is 0.327 e. The molecule has 3 atom stereocenters. The van der Waals surface area contributed by atoms with Crippen LogP contribution in [0.25, 0.3) is 0 Å². The van der Waals surface area contributed by atoms with Crippen molar-refractivity contribution in [3.05, 3.63) is 34.9 Å². The maximum absolute atomic E-state index is 12.6. The average Bonchev–Trinajstić information content (AvgIpc) is 2.73. The minimum absolute atomic E-state index is 0.134. The van der Waals surface area contributed by atoms with Crippen molar-refractivity contribution < 1.29 is 13.2 Å². The summed E-state index contributed by atoms with van der Waals surface area (Å²) in [6.45, 7) is 0. The van der Waals surface area contributed by atoms with Crippen LogP contribution in [0.2, 0.25) is 0 Å². The van der Waals surface area contributed by atoms with Crippen molar-refractivity contribution in [2.24, 2.45) is 5.73 Å². The lowest BCUT2D eigenvalue weighted by molar-refractivity contribution is -0.137. The predicted octanol–water partition coefficient (Wildman–Crippen LogP) is 3.01. The molecule has 1 aromatic carbocycles. The Morgan fingerprint density at radius 2 is 1.88 bits per heavy atom. The van der Waals surface area contributed by atoms with E-state index in [0.717, 1.165) is 24.0 Å². The Morgan fingerprint density at radius 1 is 1.12 bits per heavy atom. The van der Waals surface area contributed by atoms with Gasteiger partial charge in [0.2, 0.25) is 0 Å². The summed E-state index contributed by atoms with van der Waals surface area (Å²) >= 11 is 0. The fourth-order valence-corrected chi connectivity index (χ4v) is 3.12. The minimum Gasteiger partial charge on any atom is -0.327 e. The number of hydrogen-bond donors (Lipinski definition) is 1. The predicted molar refractivity (Wildman–Crippen MR) is 54.1 cm³/mol. The van der Waals surface area contributed by atoms with Gasteiger partial charge in [-0.15, -0.1) is 0 Å². The molecule has 1 nitrogen and oxygen atoms in total. The number of nitrogens with two attached hydrogens (primary N) is 1. The van der Waals surface area contributed by atoms with E-state index >= 15 is 0 Å². The molecule has 1 saturated carbocycles. The van der Waals surface area contributed by atoms with Crippen molar-refractivity contribution in [2.45, 2.75) is 36.9 Å². The van der Waals surface area contributed by atoms with Gasteiger partial charge in [-0.1, -0.05) is 6.07 Å². The highest BCUT2D eigenvalue weighted by Crippen LogP contribution is 2.53. The number of rotatable bonds is 0. The van der Waals surface area contributed by atoms with Gasteiger partial charge in [0, 0.05) is 6.04 Å². The van der Waals surface area contributed by atoms with Crippen LogP contribution >= 0.6 is 0 Å². The Labute approximate surface area is 91.4 Å². The molecule has 2 bridgehead atoms. The number of fused-ring (bicyclic) bond motifs is 5. The Bertz CT molecular complexity index is 438. The summed E-state index contributed by atoms with van der Waals surface area (Å²) in [5.41, 5.74) is 7.32. The van der Waals surface area contributed by atoms with Crippen molar-refractivity contribution in [1.82, 2.24) is 0 Å². The number of hydrogen-bond acceptors (Lipinski definition) is 1. The maximum atomic E-state index is 12.6. The second kappa shape index (κ2) is 3.00. The Balaban J connectivity index is 2.06. The molecule has 2 aliphatic rings. The first-order valence-electron chi connectivity index (χ1n) is 5.43. The van der Waals surface area contributed by atoms with E-state index in [1.165, 1.54) is 12.1 Å². The molecule has 0 heterocycles. The van der Waals surface area contributed by atoms with Crippen LogP contribution in [0, 0.1) is 0 Å². The molecule has 2 N–H and O–H groups in total. The Morgan fingerprint density at radius 3 is 2.56 bits per heavy atom. The average molecular weight is 227 g/mol. The third kappa shape index (κ3) is 1.29. The van der Waals surface area contributed by atoms with E-state index in [-0.39, 0.29) is 17.9 Å². The normalized spacial score (nSPS) is 31.9. The van der Waals surface area contributed by atoms with Gasteiger partial charge in [0.1, 0.15) is 0 Å². The fourth-order valence-electron chi connectivity index (χ4n) is 3.12. The SMILES string of the molecule is N[C@@H]1CC2CC1c1ccc(C(F)(F)F)cc12. The van der Waals surface area contributed by atoms with Gasteiger partial charge < -0.3 is 5.73 Å². The molecule has 86 valence electrons. The monoisotopic (exact) mass is 227 g/mol. The van der Waals surface area contributed by atoms with Gasteiger partial charge in [-0.2, -0.15) is 13.2 Å². The van der Waals surface area contributed by atoms with Crippen LogP contribution in [-0.2, 0) is 6.18 Å². The van der Waals surface area contributed by atoms with Crippen LogP contribution in [0.5, 0.6) is 0 Å². The van der Waals surface area contributed by atoms with Crippen LogP contribution in [0.3, 0.4) is 0 Å². The van der Waals surface area contributed by atoms with Gasteiger partial charge >= 0.3 is 6.18 Å². The zero-order valence-corrected chi connectivity index (χ0v) is 8.59. The van der Waals surface area contributed by atoms with Crippen LogP contribution in [0.4, 0.5) is 13.2 Å². The lowest BCUT2D eigenvalue weighted by Gasteiger charge is -2.22. The zero-order valence-electron chi connectivity index (χ0n) is 8.59. The molecule has 1 fully saturated rings. The van der Waals surface area contributed by atoms with E-state index < -0.39 is 11.7 Å². The summed E-state index contributed by atoms with van der Waals surface area (Å²) in [4.78, 5) is 0. The third-order valence-corrected chi connectivity index (χ3v) is 3.87. The highest BCUT2D eigenvalue weighted by atomic mass is 19.4. The second-order valence-corrected chi connectivity index (χ2v) is 4.78. The van der Waals surface area contributed by atoms with E-state index in [4.69, 9.17) is 5.73 Å². The van der Waals surface area contributed by atoms with Gasteiger partial charge in [0.25, 0.3) is 0 Å². The molecular weight excluding hydrogens is 215 g/mol. The summed E-state index contributed by atoms with van der Waals surface area (Å²) in [5.74, 6) is 0.527. The highest BCUT2D eigenvalue weighted by molar-refractivity contribution is 5.45. The van der Waals surface area contributed by atoms with Gasteiger partial charge in [0.15, 0.2) is 0 Å². The Kier molecular flexibility index (Phi) is 1.90. The van der Waals surface area contributed by atoms with Crippen LogP contribution < -0.4 is 5.73 Å². The number of alkyl halides is 3. The molecule has 4 heteroatoms. The van der Waals surface area contributed by atoms with E-state index in [2.05, 4.69) is 0 Å².